The van der Waals surface area contributed by atoms with E-state index in [0.29, 0.717) is 0 Å². The van der Waals surface area contributed by atoms with E-state index in [4.69, 9.17) is 5.73 Å². The van der Waals surface area contributed by atoms with E-state index in [9.17, 15) is 4.79 Å². The second-order valence-electron chi connectivity index (χ2n) is 5.47. The Morgan fingerprint density at radius 3 is 2.32 bits per heavy atom. The molecule has 5 heteroatoms. The highest BCUT2D eigenvalue weighted by atomic mass is 16.1. The zero-order chi connectivity index (χ0) is 15.4. The molecule has 1 aliphatic heterocycles. The number of carbonyl (C=O) groups excluding carboxylic acids is 1. The van der Waals surface area contributed by atoms with Crippen LogP contribution in [0, 0.1) is 0 Å². The molecule has 0 spiro atoms. The Balaban J connectivity index is 1.69. The topological polar surface area (TPSA) is 62.5 Å². The van der Waals surface area contributed by atoms with Gasteiger partial charge in [-0.05, 0) is 17.2 Å². The summed E-state index contributed by atoms with van der Waals surface area (Å²) in [6, 6.07) is 13.9. The fourth-order valence-electron chi connectivity index (χ4n) is 2.68. The van der Waals surface area contributed by atoms with Gasteiger partial charge in [0.05, 0.1) is 6.04 Å². The Bertz CT molecular complexity index is 606. The number of benzene rings is 1. The van der Waals surface area contributed by atoms with E-state index in [-0.39, 0.29) is 6.04 Å². The Hall–Kier alpha value is -2.40. The van der Waals surface area contributed by atoms with Gasteiger partial charge in [0.1, 0.15) is 5.82 Å². The molecule has 0 aliphatic carbocycles. The predicted molar refractivity (Wildman–Crippen MR) is 86.6 cm³/mol. The smallest absolute Gasteiger partial charge is 0.209 e. The van der Waals surface area contributed by atoms with Gasteiger partial charge in [-0.15, -0.1) is 0 Å². The van der Waals surface area contributed by atoms with Crippen LogP contribution >= 0.6 is 0 Å². The number of anilines is 1. The highest BCUT2D eigenvalue weighted by molar-refractivity contribution is 5.49. The molecule has 5 nitrogen and oxygen atoms in total. The summed E-state index contributed by atoms with van der Waals surface area (Å²) in [5.41, 5.74) is 8.36. The maximum atomic E-state index is 10.7. The molecule has 0 bridgehead atoms. The van der Waals surface area contributed by atoms with Crippen molar-refractivity contribution in [3.05, 3.63) is 59.8 Å². The number of carbonyl (C=O) groups is 1. The van der Waals surface area contributed by atoms with Gasteiger partial charge in [0.2, 0.25) is 6.41 Å². The minimum absolute atomic E-state index is 0.158. The van der Waals surface area contributed by atoms with Crippen molar-refractivity contribution in [3.8, 4) is 0 Å². The number of hydrogen-bond donors (Lipinski definition) is 1. The zero-order valence-corrected chi connectivity index (χ0v) is 12.4. The van der Waals surface area contributed by atoms with Crippen molar-refractivity contribution in [2.24, 2.45) is 5.73 Å². The summed E-state index contributed by atoms with van der Waals surface area (Å²) in [6.45, 7) is 3.12. The van der Waals surface area contributed by atoms with Crippen molar-refractivity contribution in [2.45, 2.75) is 6.04 Å². The number of pyridine rings is 1. The lowest BCUT2D eigenvalue weighted by atomic mass is 10.0. The summed E-state index contributed by atoms with van der Waals surface area (Å²) in [5, 5.41) is 0. The van der Waals surface area contributed by atoms with Crippen molar-refractivity contribution in [2.75, 3.05) is 31.1 Å². The van der Waals surface area contributed by atoms with Gasteiger partial charge >= 0.3 is 0 Å². The highest BCUT2D eigenvalue weighted by Crippen LogP contribution is 2.21. The molecule has 114 valence electrons. The molecule has 2 N–H and O–H groups in total. The summed E-state index contributed by atoms with van der Waals surface area (Å²) in [5.74, 6) is 0.939. The van der Waals surface area contributed by atoms with Crippen LogP contribution in [-0.4, -0.2) is 42.5 Å². The average molecular weight is 296 g/mol. The fraction of sp³-hybridized carbons (Fsp3) is 0.294. The number of aromatic nitrogens is 1. The lowest BCUT2D eigenvalue weighted by Gasteiger charge is -2.33. The molecule has 1 amide bonds. The molecule has 0 saturated carbocycles. The first-order valence-corrected chi connectivity index (χ1v) is 7.48. The van der Waals surface area contributed by atoms with Crippen LogP contribution in [0.4, 0.5) is 5.82 Å². The number of piperazine rings is 1. The Morgan fingerprint density at radius 2 is 1.73 bits per heavy atom. The van der Waals surface area contributed by atoms with Crippen LogP contribution < -0.4 is 10.6 Å². The lowest BCUT2D eigenvalue weighted by molar-refractivity contribution is -0.118. The average Bonchev–Trinajstić information content (AvgIpc) is 2.62. The van der Waals surface area contributed by atoms with Crippen LogP contribution in [0.2, 0.25) is 0 Å². The molecule has 1 saturated heterocycles. The maximum Gasteiger partial charge on any atom is 0.209 e. The summed E-state index contributed by atoms with van der Waals surface area (Å²) in [4.78, 5) is 19.3. The maximum absolute atomic E-state index is 10.7. The molecular weight excluding hydrogens is 276 g/mol. The minimum atomic E-state index is -0.158. The predicted octanol–water partition coefficient (Wildman–Crippen LogP) is 1.41. The van der Waals surface area contributed by atoms with Crippen molar-refractivity contribution >= 4 is 12.2 Å². The molecule has 0 unspecified atom stereocenters. The summed E-state index contributed by atoms with van der Waals surface area (Å²) in [7, 11) is 0. The van der Waals surface area contributed by atoms with E-state index >= 15 is 0 Å². The Morgan fingerprint density at radius 1 is 1.00 bits per heavy atom. The van der Waals surface area contributed by atoms with Crippen molar-refractivity contribution < 1.29 is 4.79 Å². The van der Waals surface area contributed by atoms with Gasteiger partial charge in [-0.25, -0.2) is 4.98 Å². The van der Waals surface area contributed by atoms with E-state index in [2.05, 4.69) is 9.88 Å². The number of rotatable bonds is 4. The van der Waals surface area contributed by atoms with Gasteiger partial charge in [0.25, 0.3) is 0 Å². The zero-order valence-electron chi connectivity index (χ0n) is 12.4. The van der Waals surface area contributed by atoms with Crippen LogP contribution in [0.15, 0.2) is 48.7 Å². The summed E-state index contributed by atoms with van der Waals surface area (Å²) in [6.07, 6.45) is 2.76. The summed E-state index contributed by atoms with van der Waals surface area (Å²) < 4.78 is 0. The number of hydrogen-bond acceptors (Lipinski definition) is 4. The second kappa shape index (κ2) is 6.58. The Labute approximate surface area is 130 Å². The first-order chi connectivity index (χ1) is 10.8. The van der Waals surface area contributed by atoms with E-state index in [1.165, 1.54) is 0 Å². The van der Waals surface area contributed by atoms with Crippen molar-refractivity contribution in [1.29, 1.82) is 0 Å². The first kappa shape index (κ1) is 14.5. The van der Waals surface area contributed by atoms with E-state index in [0.717, 1.165) is 49.5 Å². The van der Waals surface area contributed by atoms with Crippen LogP contribution in [-0.2, 0) is 4.79 Å². The minimum Gasteiger partial charge on any atom is -0.353 e. The molecule has 2 heterocycles. The number of nitrogens with two attached hydrogens (primary N) is 1. The summed E-state index contributed by atoms with van der Waals surface area (Å²) >= 11 is 0. The van der Waals surface area contributed by atoms with E-state index in [1.807, 2.05) is 48.7 Å². The third-order valence-corrected chi connectivity index (χ3v) is 4.08. The molecule has 1 aromatic heterocycles. The molecule has 1 aromatic carbocycles. The van der Waals surface area contributed by atoms with Crippen molar-refractivity contribution in [3.63, 3.8) is 0 Å². The molecule has 22 heavy (non-hydrogen) atoms. The monoisotopic (exact) mass is 296 g/mol. The molecule has 1 fully saturated rings. The standard InChI is InChI=1S/C17H20N4O/c18-17(14-4-2-1-3-5-14)15-6-7-16(19-12-15)21-10-8-20(13-22)9-11-21/h1-7,12-13,17H,8-11,18H2/t17-/m1/s1. The molecule has 1 atom stereocenters. The molecule has 2 aromatic rings. The van der Waals surface area contributed by atoms with Crippen LogP contribution in [0.25, 0.3) is 0 Å². The van der Waals surface area contributed by atoms with Crippen LogP contribution in [0.1, 0.15) is 17.2 Å². The van der Waals surface area contributed by atoms with Crippen molar-refractivity contribution in [1.82, 2.24) is 9.88 Å². The van der Waals surface area contributed by atoms with E-state index in [1.54, 1.807) is 4.90 Å². The highest BCUT2D eigenvalue weighted by Gasteiger charge is 2.17. The fourth-order valence-corrected chi connectivity index (χ4v) is 2.68. The lowest BCUT2D eigenvalue weighted by Crippen LogP contribution is -2.46. The Kier molecular flexibility index (Phi) is 4.34. The number of nitrogens with zero attached hydrogens (tertiary/aromatic N) is 3. The third kappa shape index (κ3) is 3.09. The van der Waals surface area contributed by atoms with Gasteiger partial charge in [-0.2, -0.15) is 0 Å². The quantitative estimate of drug-likeness (QED) is 0.867. The van der Waals surface area contributed by atoms with Gasteiger partial charge < -0.3 is 15.5 Å². The second-order valence-corrected chi connectivity index (χ2v) is 5.47. The largest absolute Gasteiger partial charge is 0.353 e. The van der Waals surface area contributed by atoms with Crippen LogP contribution in [0.3, 0.4) is 0 Å². The first-order valence-electron chi connectivity index (χ1n) is 7.48. The van der Waals surface area contributed by atoms with Gasteiger partial charge in [-0.1, -0.05) is 36.4 Å². The third-order valence-electron chi connectivity index (χ3n) is 4.08. The normalized spacial score (nSPS) is 16.4. The SMILES string of the molecule is N[C@H](c1ccccc1)c1ccc(N2CCN(C=O)CC2)nc1. The molecule has 1 aliphatic rings. The van der Waals surface area contributed by atoms with E-state index < -0.39 is 0 Å². The van der Waals surface area contributed by atoms with Crippen LogP contribution in [0.5, 0.6) is 0 Å². The molecule has 3 rings (SSSR count). The number of amides is 1. The van der Waals surface area contributed by atoms with Gasteiger partial charge in [0.15, 0.2) is 0 Å². The molecule has 0 radical (unpaired) electrons. The molecular formula is C17H20N4O. The van der Waals surface area contributed by atoms with Gasteiger partial charge in [0, 0.05) is 32.4 Å². The van der Waals surface area contributed by atoms with Gasteiger partial charge in [-0.3, -0.25) is 4.79 Å².